The van der Waals surface area contributed by atoms with Crippen LogP contribution in [0.15, 0.2) is 30.3 Å². The molecule has 3 aliphatic heterocycles. The highest BCUT2D eigenvalue weighted by molar-refractivity contribution is 6.00. The van der Waals surface area contributed by atoms with E-state index in [-0.39, 0.29) is 36.0 Å². The maximum atomic E-state index is 12.9. The van der Waals surface area contributed by atoms with Gasteiger partial charge in [0.15, 0.2) is 0 Å². The van der Waals surface area contributed by atoms with Crippen LogP contribution >= 0.6 is 0 Å². The molecule has 0 spiro atoms. The van der Waals surface area contributed by atoms with Crippen LogP contribution in [0.4, 0.5) is 5.69 Å². The number of benzene rings is 1. The molecule has 0 bridgehead atoms. The summed E-state index contributed by atoms with van der Waals surface area (Å²) in [5, 5.41) is 0. The molecule has 0 aliphatic carbocycles. The minimum atomic E-state index is -0.292. The molecule has 1 atom stereocenters. The van der Waals surface area contributed by atoms with Crippen molar-refractivity contribution in [2.75, 3.05) is 50.8 Å². The molecule has 7 heteroatoms. The minimum Gasteiger partial charge on any atom is -0.378 e. The largest absolute Gasteiger partial charge is 0.378 e. The number of carbonyl (C=O) groups is 3. The first-order valence-corrected chi connectivity index (χ1v) is 10.1. The third kappa shape index (κ3) is 3.90. The number of anilines is 1. The predicted octanol–water partition coefficient (Wildman–Crippen LogP) is 1.14. The smallest absolute Gasteiger partial charge is 0.228 e. The van der Waals surface area contributed by atoms with E-state index in [1.165, 1.54) is 0 Å². The molecule has 3 saturated heterocycles. The Balaban J connectivity index is 1.31. The number of nitrogens with zero attached hydrogens (tertiary/aromatic N) is 3. The Bertz CT molecular complexity index is 724. The Hall–Kier alpha value is -2.41. The molecule has 1 aromatic carbocycles. The molecule has 0 saturated carbocycles. The third-order valence-corrected chi connectivity index (χ3v) is 6.02. The van der Waals surface area contributed by atoms with Crippen LogP contribution in [0.25, 0.3) is 0 Å². The summed E-state index contributed by atoms with van der Waals surface area (Å²) in [5.74, 6) is -0.0555. The summed E-state index contributed by atoms with van der Waals surface area (Å²) in [6, 6.07) is 9.50. The summed E-state index contributed by atoms with van der Waals surface area (Å²) < 4.78 is 5.31. The number of piperidine rings is 1. The van der Waals surface area contributed by atoms with E-state index in [0.29, 0.717) is 58.8 Å². The minimum absolute atomic E-state index is 0.00179. The van der Waals surface area contributed by atoms with Crippen molar-refractivity contribution in [3.05, 3.63) is 30.3 Å². The fraction of sp³-hybridized carbons (Fsp3) is 0.571. The van der Waals surface area contributed by atoms with Crippen LogP contribution in [0.2, 0.25) is 0 Å². The summed E-state index contributed by atoms with van der Waals surface area (Å²) in [7, 11) is 0. The van der Waals surface area contributed by atoms with Gasteiger partial charge in [0.25, 0.3) is 0 Å². The molecule has 0 N–H and O–H groups in total. The van der Waals surface area contributed by atoms with E-state index < -0.39 is 0 Å². The molecule has 1 aromatic rings. The van der Waals surface area contributed by atoms with Gasteiger partial charge in [-0.1, -0.05) is 18.2 Å². The Morgan fingerprint density at radius 2 is 1.46 bits per heavy atom. The van der Waals surface area contributed by atoms with E-state index >= 15 is 0 Å². The van der Waals surface area contributed by atoms with E-state index in [4.69, 9.17) is 4.74 Å². The Kier molecular flexibility index (Phi) is 5.62. The SMILES string of the molecule is O=C(C1CCN(C(=O)C2CC(=O)N(c3ccccc3)C2)CC1)N1CCOCC1. The fourth-order valence-electron chi connectivity index (χ4n) is 4.38. The number of carbonyl (C=O) groups excluding carboxylic acids is 3. The lowest BCUT2D eigenvalue weighted by atomic mass is 9.94. The maximum absolute atomic E-state index is 12.9. The van der Waals surface area contributed by atoms with Crippen molar-refractivity contribution in [1.82, 2.24) is 9.80 Å². The summed E-state index contributed by atoms with van der Waals surface area (Å²) in [6.07, 6.45) is 1.66. The second-order valence-corrected chi connectivity index (χ2v) is 7.78. The van der Waals surface area contributed by atoms with Crippen molar-refractivity contribution in [2.24, 2.45) is 11.8 Å². The molecule has 3 fully saturated rings. The summed E-state index contributed by atoms with van der Waals surface area (Å²) in [6.45, 7) is 4.17. The molecule has 28 heavy (non-hydrogen) atoms. The molecule has 0 aromatic heterocycles. The Morgan fingerprint density at radius 1 is 0.857 bits per heavy atom. The number of hydrogen-bond donors (Lipinski definition) is 0. The van der Waals surface area contributed by atoms with Gasteiger partial charge in [0.2, 0.25) is 17.7 Å². The maximum Gasteiger partial charge on any atom is 0.228 e. The molecular formula is C21H27N3O4. The van der Waals surface area contributed by atoms with E-state index in [1.54, 1.807) is 4.90 Å². The van der Waals surface area contributed by atoms with E-state index in [9.17, 15) is 14.4 Å². The quantitative estimate of drug-likeness (QED) is 0.782. The van der Waals surface area contributed by atoms with Gasteiger partial charge in [-0.3, -0.25) is 14.4 Å². The number of ether oxygens (including phenoxy) is 1. The van der Waals surface area contributed by atoms with Crippen molar-refractivity contribution in [2.45, 2.75) is 19.3 Å². The van der Waals surface area contributed by atoms with Gasteiger partial charge in [0, 0.05) is 50.7 Å². The lowest BCUT2D eigenvalue weighted by molar-refractivity contribution is -0.144. The van der Waals surface area contributed by atoms with Crippen LogP contribution in [-0.4, -0.2) is 73.5 Å². The standard InChI is InChI=1S/C21H27N3O4/c25-19-14-17(15-24(19)18-4-2-1-3-5-18)21(27)22-8-6-16(7-9-22)20(26)23-10-12-28-13-11-23/h1-5,16-17H,6-15H2. The monoisotopic (exact) mass is 385 g/mol. The van der Waals surface area contributed by atoms with E-state index in [0.717, 1.165) is 5.69 Å². The molecule has 7 nitrogen and oxygen atoms in total. The second kappa shape index (κ2) is 8.31. The molecule has 0 radical (unpaired) electrons. The highest BCUT2D eigenvalue weighted by atomic mass is 16.5. The van der Waals surface area contributed by atoms with Crippen LogP contribution in [0.5, 0.6) is 0 Å². The van der Waals surface area contributed by atoms with Gasteiger partial charge in [-0.25, -0.2) is 0 Å². The van der Waals surface area contributed by atoms with Gasteiger partial charge in [-0.2, -0.15) is 0 Å². The fourth-order valence-corrected chi connectivity index (χ4v) is 4.38. The van der Waals surface area contributed by atoms with Crippen LogP contribution in [0, 0.1) is 11.8 Å². The lowest BCUT2D eigenvalue weighted by Gasteiger charge is -2.36. The summed E-state index contributed by atoms with van der Waals surface area (Å²) in [5.41, 5.74) is 0.845. The molecule has 3 aliphatic rings. The van der Waals surface area contributed by atoms with E-state index in [2.05, 4.69) is 0 Å². The van der Waals surface area contributed by atoms with Crippen molar-refractivity contribution >= 4 is 23.4 Å². The zero-order valence-corrected chi connectivity index (χ0v) is 16.1. The number of morpholine rings is 1. The molecule has 4 rings (SSSR count). The highest BCUT2D eigenvalue weighted by Crippen LogP contribution is 2.28. The Labute approximate surface area is 165 Å². The normalized spacial score (nSPS) is 23.9. The Morgan fingerprint density at radius 3 is 2.14 bits per heavy atom. The van der Waals surface area contributed by atoms with Crippen molar-refractivity contribution < 1.29 is 19.1 Å². The number of para-hydroxylation sites is 1. The van der Waals surface area contributed by atoms with E-state index in [1.807, 2.05) is 40.1 Å². The number of rotatable bonds is 3. The van der Waals surface area contributed by atoms with Gasteiger partial charge in [0.1, 0.15) is 0 Å². The van der Waals surface area contributed by atoms with Gasteiger partial charge >= 0.3 is 0 Å². The molecule has 3 heterocycles. The highest BCUT2D eigenvalue weighted by Gasteiger charge is 2.39. The van der Waals surface area contributed by atoms with Gasteiger partial charge in [-0.15, -0.1) is 0 Å². The average Bonchev–Trinajstić information content (AvgIpc) is 3.15. The molecule has 3 amide bonds. The van der Waals surface area contributed by atoms with Crippen LogP contribution in [0.1, 0.15) is 19.3 Å². The van der Waals surface area contributed by atoms with Crippen molar-refractivity contribution in [1.29, 1.82) is 0 Å². The average molecular weight is 385 g/mol. The number of amides is 3. The second-order valence-electron chi connectivity index (χ2n) is 7.78. The summed E-state index contributed by atoms with van der Waals surface area (Å²) >= 11 is 0. The zero-order chi connectivity index (χ0) is 19.5. The van der Waals surface area contributed by atoms with Crippen LogP contribution in [-0.2, 0) is 19.1 Å². The van der Waals surface area contributed by atoms with Crippen molar-refractivity contribution in [3.8, 4) is 0 Å². The van der Waals surface area contributed by atoms with Gasteiger partial charge in [-0.05, 0) is 25.0 Å². The van der Waals surface area contributed by atoms with Gasteiger partial charge in [0.05, 0.1) is 19.1 Å². The first-order chi connectivity index (χ1) is 13.6. The van der Waals surface area contributed by atoms with Gasteiger partial charge < -0.3 is 19.4 Å². The first kappa shape index (κ1) is 18.9. The van der Waals surface area contributed by atoms with Crippen LogP contribution in [0.3, 0.4) is 0 Å². The topological polar surface area (TPSA) is 70.2 Å². The first-order valence-electron chi connectivity index (χ1n) is 10.1. The third-order valence-electron chi connectivity index (χ3n) is 6.02. The lowest BCUT2D eigenvalue weighted by Crippen LogP contribution is -2.48. The summed E-state index contributed by atoms with van der Waals surface area (Å²) in [4.78, 5) is 43.4. The molecule has 150 valence electrons. The van der Waals surface area contributed by atoms with Crippen LogP contribution < -0.4 is 4.90 Å². The number of likely N-dealkylation sites (tertiary alicyclic amines) is 1. The van der Waals surface area contributed by atoms with Crippen molar-refractivity contribution in [3.63, 3.8) is 0 Å². The number of hydrogen-bond acceptors (Lipinski definition) is 4. The zero-order valence-electron chi connectivity index (χ0n) is 16.1. The molecule has 1 unspecified atom stereocenters. The predicted molar refractivity (Wildman–Crippen MR) is 104 cm³/mol. The molecular weight excluding hydrogens is 358 g/mol.